The number of aliphatic hydroxyl groups is 1. The minimum atomic E-state index is -0.703. The van der Waals surface area contributed by atoms with Crippen molar-refractivity contribution in [3.63, 3.8) is 0 Å². The maximum absolute atomic E-state index is 10.1. The monoisotopic (exact) mass is 458 g/mol. The molecule has 0 bridgehead atoms. The van der Waals surface area contributed by atoms with Crippen molar-refractivity contribution in [1.82, 2.24) is 0 Å². The minimum absolute atomic E-state index is 0.0160. The van der Waals surface area contributed by atoms with Gasteiger partial charge in [0.25, 0.3) is 0 Å². The van der Waals surface area contributed by atoms with Crippen LogP contribution < -0.4 is 0 Å². The van der Waals surface area contributed by atoms with Gasteiger partial charge in [0.2, 0.25) is 0 Å². The fourth-order valence-electron chi connectivity index (χ4n) is 4.95. The van der Waals surface area contributed by atoms with Gasteiger partial charge in [0.15, 0.2) is 0 Å². The van der Waals surface area contributed by atoms with Crippen LogP contribution in [-0.2, 0) is 14.2 Å². The molecule has 4 nitrogen and oxygen atoms in total. The molecule has 5 unspecified atom stereocenters. The van der Waals surface area contributed by atoms with E-state index in [1.165, 1.54) is 0 Å². The summed E-state index contributed by atoms with van der Waals surface area (Å²) < 4.78 is 19.2. The molecule has 0 aromatic heterocycles. The van der Waals surface area contributed by atoms with Gasteiger partial charge in [0.1, 0.15) is 0 Å². The van der Waals surface area contributed by atoms with Crippen LogP contribution in [0.4, 0.5) is 0 Å². The Bertz CT molecular complexity index is 500. The highest BCUT2D eigenvalue weighted by molar-refractivity contribution is 4.95. The standard InChI is InChI=1S/C28H58O4/c1-13-24(17-19-30-22(5)6)27(11,15-3)32-23(7)21-26(10,14-2)28(12,16-4)31-20-18-25(8,9)29/h22-24,29H,13-21H2,1-12H3. The zero-order valence-corrected chi connectivity index (χ0v) is 23.8. The molecule has 0 radical (unpaired) electrons. The first-order valence-electron chi connectivity index (χ1n) is 13.3. The van der Waals surface area contributed by atoms with Gasteiger partial charge in [-0.05, 0) is 98.3 Å². The summed E-state index contributed by atoms with van der Waals surface area (Å²) in [7, 11) is 0. The molecule has 4 heteroatoms. The second kappa shape index (κ2) is 13.7. The maximum atomic E-state index is 10.1. The van der Waals surface area contributed by atoms with Crippen LogP contribution in [0, 0.1) is 11.3 Å². The van der Waals surface area contributed by atoms with E-state index >= 15 is 0 Å². The van der Waals surface area contributed by atoms with E-state index < -0.39 is 5.60 Å². The molecular formula is C28H58O4. The SMILES string of the molecule is CCC(CCOC(C)C)C(C)(CC)OC(C)CC(C)(CC)C(C)(CC)OCCC(C)(C)O. The zero-order chi connectivity index (χ0) is 25.2. The van der Waals surface area contributed by atoms with Crippen LogP contribution in [0.25, 0.3) is 0 Å². The molecule has 0 spiro atoms. The Morgan fingerprint density at radius 2 is 1.41 bits per heavy atom. The smallest absolute Gasteiger partial charge is 0.0706 e. The van der Waals surface area contributed by atoms with Gasteiger partial charge in [-0.3, -0.25) is 0 Å². The number of hydrogen-bond acceptors (Lipinski definition) is 4. The van der Waals surface area contributed by atoms with Crippen molar-refractivity contribution in [2.75, 3.05) is 13.2 Å². The Hall–Kier alpha value is -0.160. The quantitative estimate of drug-likeness (QED) is 0.230. The first kappa shape index (κ1) is 31.8. The average Bonchev–Trinajstić information content (AvgIpc) is 2.69. The van der Waals surface area contributed by atoms with E-state index in [0.717, 1.165) is 45.1 Å². The van der Waals surface area contributed by atoms with Crippen molar-refractivity contribution in [1.29, 1.82) is 0 Å². The van der Waals surface area contributed by atoms with E-state index in [4.69, 9.17) is 14.2 Å². The molecule has 194 valence electrons. The molecule has 1 N–H and O–H groups in total. The lowest BCUT2D eigenvalue weighted by Gasteiger charge is -2.48. The summed E-state index contributed by atoms with van der Waals surface area (Å²) in [6.45, 7) is 27.3. The highest BCUT2D eigenvalue weighted by Gasteiger charge is 2.45. The van der Waals surface area contributed by atoms with Crippen LogP contribution in [0.1, 0.15) is 128 Å². The molecule has 5 atom stereocenters. The number of hydrogen-bond donors (Lipinski definition) is 1. The maximum Gasteiger partial charge on any atom is 0.0706 e. The van der Waals surface area contributed by atoms with Gasteiger partial charge in [-0.1, -0.05) is 41.0 Å². The Balaban J connectivity index is 5.34. The third kappa shape index (κ3) is 9.99. The molecule has 0 saturated heterocycles. The van der Waals surface area contributed by atoms with Crippen LogP contribution in [0.3, 0.4) is 0 Å². The summed E-state index contributed by atoms with van der Waals surface area (Å²) in [6, 6.07) is 0. The largest absolute Gasteiger partial charge is 0.390 e. The lowest BCUT2D eigenvalue weighted by atomic mass is 9.67. The predicted molar refractivity (Wildman–Crippen MR) is 137 cm³/mol. The molecule has 0 aliphatic heterocycles. The van der Waals surface area contributed by atoms with Crippen LogP contribution in [0.15, 0.2) is 0 Å². The highest BCUT2D eigenvalue weighted by atomic mass is 16.5. The summed E-state index contributed by atoms with van der Waals surface area (Å²) in [5.74, 6) is 0.474. The fraction of sp³-hybridized carbons (Fsp3) is 1.00. The van der Waals surface area contributed by atoms with Crippen molar-refractivity contribution >= 4 is 0 Å². The Labute approximate surface area is 201 Å². The van der Waals surface area contributed by atoms with Crippen LogP contribution >= 0.6 is 0 Å². The molecule has 32 heavy (non-hydrogen) atoms. The van der Waals surface area contributed by atoms with Gasteiger partial charge in [-0.25, -0.2) is 0 Å². The van der Waals surface area contributed by atoms with Gasteiger partial charge < -0.3 is 19.3 Å². The average molecular weight is 459 g/mol. The molecule has 0 amide bonds. The van der Waals surface area contributed by atoms with Crippen molar-refractivity contribution in [2.24, 2.45) is 11.3 Å². The molecule has 0 aromatic carbocycles. The van der Waals surface area contributed by atoms with Crippen molar-refractivity contribution < 1.29 is 19.3 Å². The Morgan fingerprint density at radius 3 is 1.81 bits per heavy atom. The molecule has 0 aromatic rings. The van der Waals surface area contributed by atoms with E-state index in [1.807, 2.05) is 13.8 Å². The van der Waals surface area contributed by atoms with Gasteiger partial charge in [-0.15, -0.1) is 0 Å². The van der Waals surface area contributed by atoms with E-state index in [0.29, 0.717) is 18.9 Å². The molecule has 0 aliphatic carbocycles. The van der Waals surface area contributed by atoms with Crippen molar-refractivity contribution in [2.45, 2.75) is 157 Å². The van der Waals surface area contributed by atoms with Crippen LogP contribution in [0.2, 0.25) is 0 Å². The first-order valence-corrected chi connectivity index (χ1v) is 13.3. The normalized spacial score (nSPS) is 20.4. The highest BCUT2D eigenvalue weighted by Crippen LogP contribution is 2.45. The Morgan fingerprint density at radius 1 is 0.812 bits per heavy atom. The number of ether oxygens (including phenoxy) is 3. The topological polar surface area (TPSA) is 47.9 Å². The summed E-state index contributed by atoms with van der Waals surface area (Å²) in [5, 5.41) is 10.1. The lowest BCUT2D eigenvalue weighted by molar-refractivity contribution is -0.170. The lowest BCUT2D eigenvalue weighted by Crippen LogP contribution is -2.49. The van der Waals surface area contributed by atoms with Crippen molar-refractivity contribution in [3.05, 3.63) is 0 Å². The molecule has 0 heterocycles. The second-order valence-corrected chi connectivity index (χ2v) is 11.5. The summed E-state index contributed by atoms with van der Waals surface area (Å²) in [5.41, 5.74) is -1.14. The minimum Gasteiger partial charge on any atom is -0.390 e. The van der Waals surface area contributed by atoms with Gasteiger partial charge >= 0.3 is 0 Å². The van der Waals surface area contributed by atoms with Crippen LogP contribution in [0.5, 0.6) is 0 Å². The summed E-state index contributed by atoms with van der Waals surface area (Å²) in [6.07, 6.45) is 7.07. The van der Waals surface area contributed by atoms with Crippen LogP contribution in [-0.4, -0.2) is 47.3 Å². The molecule has 0 rings (SSSR count). The van der Waals surface area contributed by atoms with Crippen molar-refractivity contribution in [3.8, 4) is 0 Å². The van der Waals surface area contributed by atoms with E-state index in [9.17, 15) is 5.11 Å². The molecule has 0 saturated carbocycles. The molecule has 0 aliphatic rings. The van der Waals surface area contributed by atoms with E-state index in [2.05, 4.69) is 69.2 Å². The second-order valence-electron chi connectivity index (χ2n) is 11.5. The third-order valence-corrected chi connectivity index (χ3v) is 8.05. The fourth-order valence-corrected chi connectivity index (χ4v) is 4.95. The molecular weight excluding hydrogens is 400 g/mol. The summed E-state index contributed by atoms with van der Waals surface area (Å²) >= 11 is 0. The van der Waals surface area contributed by atoms with Gasteiger partial charge in [0.05, 0.1) is 35.6 Å². The van der Waals surface area contributed by atoms with Gasteiger partial charge in [0, 0.05) is 6.61 Å². The summed E-state index contributed by atoms with van der Waals surface area (Å²) in [4.78, 5) is 0. The zero-order valence-electron chi connectivity index (χ0n) is 23.8. The third-order valence-electron chi connectivity index (χ3n) is 8.05. The predicted octanol–water partition coefficient (Wildman–Crippen LogP) is 7.55. The van der Waals surface area contributed by atoms with Gasteiger partial charge in [-0.2, -0.15) is 0 Å². The molecule has 0 fully saturated rings. The first-order chi connectivity index (χ1) is 14.6. The Kier molecular flexibility index (Phi) is 13.6. The van der Waals surface area contributed by atoms with E-state index in [1.54, 1.807) is 0 Å². The van der Waals surface area contributed by atoms with E-state index in [-0.39, 0.29) is 28.8 Å². The number of rotatable bonds is 18.